The largest absolute Gasteiger partial charge is 0.500 e. The van der Waals surface area contributed by atoms with Gasteiger partial charge in [-0.3, -0.25) is 4.79 Å². The predicted octanol–water partition coefficient (Wildman–Crippen LogP) is 1.43. The molecule has 0 amide bonds. The molecule has 0 atom stereocenters. The minimum Gasteiger partial charge on any atom is -0.466 e. The summed E-state index contributed by atoms with van der Waals surface area (Å²) in [6, 6.07) is 1.24. The zero-order chi connectivity index (χ0) is 34.4. The number of nitrogens with one attached hydrogen (secondary N) is 1. The monoisotopic (exact) mass is 672 g/mol. The number of hydrogen-bond acceptors (Lipinski definition) is 14. The van der Waals surface area contributed by atoms with E-state index in [-0.39, 0.29) is 5.97 Å². The number of rotatable bonds is 24. The highest BCUT2D eigenvalue weighted by atomic mass is 28.4. The molecule has 44 heavy (non-hydrogen) atoms. The lowest BCUT2D eigenvalue weighted by Crippen LogP contribution is -2.42. The second-order valence-electron chi connectivity index (χ2n) is 10.2. The van der Waals surface area contributed by atoms with Crippen LogP contribution in [0.3, 0.4) is 0 Å². The quantitative estimate of drug-likeness (QED) is 0.0687. The molecular weight excluding hydrogens is 608 g/mol. The molecule has 264 valence electrons. The minimum atomic E-state index is -2.55. The molecule has 14 nitrogen and oxygen atoms in total. The Hall–Kier alpha value is -1.29. The van der Waals surface area contributed by atoms with Gasteiger partial charge in [0, 0.05) is 93.5 Å². The van der Waals surface area contributed by atoms with Crippen molar-refractivity contribution < 1.29 is 45.6 Å². The van der Waals surface area contributed by atoms with Crippen molar-refractivity contribution in [3.63, 3.8) is 0 Å². The summed E-state index contributed by atoms with van der Waals surface area (Å²) in [5, 5.41) is 3.06. The van der Waals surface area contributed by atoms with Crippen LogP contribution in [-0.4, -0.2) is 175 Å². The summed E-state index contributed by atoms with van der Waals surface area (Å²) in [5.41, 5.74) is 0. The van der Waals surface area contributed by atoms with E-state index >= 15 is 0 Å². The third-order valence-electron chi connectivity index (χ3n) is 6.23. The van der Waals surface area contributed by atoms with Gasteiger partial charge in [0.1, 0.15) is 0 Å². The molecule has 0 aromatic heterocycles. The van der Waals surface area contributed by atoms with Crippen LogP contribution in [-0.2, 0) is 45.6 Å². The fourth-order valence-corrected chi connectivity index (χ4v) is 6.66. The summed E-state index contributed by atoms with van der Waals surface area (Å²) in [6.07, 6.45) is 2.85. The first kappa shape index (κ1) is 47.1. The van der Waals surface area contributed by atoms with Crippen LogP contribution in [0.5, 0.6) is 0 Å². The molecule has 0 saturated carbocycles. The predicted molar refractivity (Wildman–Crippen MR) is 178 cm³/mol. The van der Waals surface area contributed by atoms with Crippen LogP contribution in [0.15, 0.2) is 12.7 Å². The fourth-order valence-electron chi connectivity index (χ4n) is 3.28. The van der Waals surface area contributed by atoms with Crippen molar-refractivity contribution >= 4 is 29.5 Å². The van der Waals surface area contributed by atoms with Crippen molar-refractivity contribution in [2.45, 2.75) is 31.4 Å². The van der Waals surface area contributed by atoms with Gasteiger partial charge in [-0.25, -0.2) is 4.79 Å². The maximum absolute atomic E-state index is 11.7. The topological polar surface area (TPSA) is 130 Å². The first-order valence-electron chi connectivity index (χ1n) is 14.7. The maximum Gasteiger partial charge on any atom is 0.500 e. The zero-order valence-electron chi connectivity index (χ0n) is 29.7. The van der Waals surface area contributed by atoms with Gasteiger partial charge in [-0.2, -0.15) is 0 Å². The van der Waals surface area contributed by atoms with Gasteiger partial charge in [0.2, 0.25) is 0 Å². The van der Waals surface area contributed by atoms with Crippen molar-refractivity contribution in [2.75, 3.05) is 131 Å². The molecule has 0 unspecified atom stereocenters. The van der Waals surface area contributed by atoms with Crippen LogP contribution in [0.2, 0.25) is 12.1 Å². The number of likely N-dealkylation sites (N-methyl/N-ethyl adjacent to an activating group) is 4. The molecule has 0 bridgehead atoms. The maximum atomic E-state index is 11.7. The second kappa shape index (κ2) is 30.4. The highest BCUT2D eigenvalue weighted by Gasteiger charge is 2.37. The number of ether oxygens (including phenoxy) is 2. The normalized spacial score (nSPS) is 11.5. The van der Waals surface area contributed by atoms with Gasteiger partial charge in [0.15, 0.2) is 0 Å². The van der Waals surface area contributed by atoms with Gasteiger partial charge >= 0.3 is 29.5 Å². The van der Waals surface area contributed by atoms with Gasteiger partial charge in [0.25, 0.3) is 0 Å². The van der Waals surface area contributed by atoms with E-state index in [0.717, 1.165) is 32.3 Å². The van der Waals surface area contributed by atoms with E-state index in [1.807, 2.05) is 28.2 Å². The Balaban J connectivity index is -0.000000656. The molecule has 0 aromatic rings. The van der Waals surface area contributed by atoms with E-state index in [0.29, 0.717) is 51.1 Å². The van der Waals surface area contributed by atoms with Crippen LogP contribution < -0.4 is 5.32 Å². The molecular formula is C28H64N4O10Si2. The first-order valence-corrected chi connectivity index (χ1v) is 18.5. The number of esters is 2. The molecule has 0 aliphatic heterocycles. The Kier molecular flexibility index (Phi) is 32.5. The Morgan fingerprint density at radius 2 is 1.11 bits per heavy atom. The first-order chi connectivity index (χ1) is 20.8. The van der Waals surface area contributed by atoms with Crippen molar-refractivity contribution in [1.29, 1.82) is 0 Å². The van der Waals surface area contributed by atoms with E-state index < -0.39 is 23.6 Å². The van der Waals surface area contributed by atoms with Crippen molar-refractivity contribution in [1.82, 2.24) is 20.0 Å². The van der Waals surface area contributed by atoms with E-state index in [9.17, 15) is 9.59 Å². The zero-order valence-corrected chi connectivity index (χ0v) is 31.7. The van der Waals surface area contributed by atoms with Crippen molar-refractivity contribution in [3.8, 4) is 0 Å². The molecule has 16 heteroatoms. The number of carbonyl (C=O) groups is 2. The Morgan fingerprint density at radius 1 is 0.682 bits per heavy atom. The number of carbonyl (C=O) groups excluding carboxylic acids is 2. The molecule has 0 heterocycles. The lowest BCUT2D eigenvalue weighted by molar-refractivity contribution is -0.144. The second-order valence-corrected chi connectivity index (χ2v) is 16.3. The Labute approximate surface area is 269 Å². The SMILES string of the molecule is C=CC(=O)OCCC[Si](OC)(OC)OC.CNCCN(C)C.CO[Si](CCCOC(=O)CCN(C)CCN(C)C)(OC)OC. The standard InChI is InChI=1S/C14H32N2O5Si.C9H18O5Si.C5H14N2/c1-15(2)10-11-16(3)9-8-14(17)21-12-7-13-22(18-4,19-5)20-6;1-5-9(10)14-7-6-8-15(11-2,12-3)13-4;1-6-4-5-7(2)3/h7-13H2,1-6H3;5H,1,6-8H2,2-4H3;6H,4-5H2,1-3H3. The lowest BCUT2D eigenvalue weighted by Gasteiger charge is -2.24. The average Bonchev–Trinajstić information content (AvgIpc) is 3.03. The van der Waals surface area contributed by atoms with E-state index in [1.165, 1.54) is 0 Å². The van der Waals surface area contributed by atoms with E-state index in [1.54, 1.807) is 42.7 Å². The van der Waals surface area contributed by atoms with Crippen LogP contribution in [0.1, 0.15) is 19.3 Å². The van der Waals surface area contributed by atoms with Crippen molar-refractivity contribution in [2.24, 2.45) is 0 Å². The van der Waals surface area contributed by atoms with Crippen LogP contribution >= 0.6 is 0 Å². The van der Waals surface area contributed by atoms with E-state index in [2.05, 4.69) is 40.7 Å². The van der Waals surface area contributed by atoms with E-state index in [4.69, 9.17) is 36.0 Å². The third-order valence-corrected chi connectivity index (χ3v) is 11.9. The Morgan fingerprint density at radius 3 is 1.45 bits per heavy atom. The van der Waals surface area contributed by atoms with Gasteiger partial charge in [-0.05, 0) is 55.1 Å². The molecule has 0 aliphatic carbocycles. The molecule has 0 aromatic carbocycles. The molecule has 0 radical (unpaired) electrons. The molecule has 0 spiro atoms. The van der Waals surface area contributed by atoms with Crippen LogP contribution in [0.4, 0.5) is 0 Å². The number of nitrogens with zero attached hydrogens (tertiary/aromatic N) is 3. The van der Waals surface area contributed by atoms with Gasteiger partial charge in [0.05, 0.1) is 19.6 Å². The van der Waals surface area contributed by atoms with Crippen LogP contribution in [0, 0.1) is 0 Å². The van der Waals surface area contributed by atoms with Gasteiger partial charge in [-0.1, -0.05) is 6.58 Å². The minimum absolute atomic E-state index is 0.170. The molecule has 0 saturated heterocycles. The summed E-state index contributed by atoms with van der Waals surface area (Å²) >= 11 is 0. The van der Waals surface area contributed by atoms with Gasteiger partial charge in [-0.15, -0.1) is 0 Å². The number of hydrogen-bond donors (Lipinski definition) is 1. The Bertz CT molecular complexity index is 685. The fraction of sp³-hybridized carbons (Fsp3) is 0.857. The van der Waals surface area contributed by atoms with Crippen LogP contribution in [0.25, 0.3) is 0 Å². The highest BCUT2D eigenvalue weighted by Crippen LogP contribution is 2.15. The third kappa shape index (κ3) is 27.1. The average molecular weight is 673 g/mol. The molecule has 0 aliphatic rings. The summed E-state index contributed by atoms with van der Waals surface area (Å²) in [6.45, 7) is 8.79. The van der Waals surface area contributed by atoms with Crippen molar-refractivity contribution in [3.05, 3.63) is 12.7 Å². The summed E-state index contributed by atoms with van der Waals surface area (Å²) in [4.78, 5) is 28.8. The summed E-state index contributed by atoms with van der Waals surface area (Å²) < 4.78 is 41.6. The summed E-state index contributed by atoms with van der Waals surface area (Å²) in [7, 11) is 16.5. The molecule has 0 rings (SSSR count). The van der Waals surface area contributed by atoms with Gasteiger partial charge < -0.3 is 56.0 Å². The smallest absolute Gasteiger partial charge is 0.466 e. The highest BCUT2D eigenvalue weighted by molar-refractivity contribution is 6.60. The molecule has 1 N–H and O–H groups in total. The molecule has 0 fully saturated rings. The lowest BCUT2D eigenvalue weighted by atomic mass is 10.4. The summed E-state index contributed by atoms with van der Waals surface area (Å²) in [5.74, 6) is -0.592.